The molecule has 0 aliphatic heterocycles. The normalized spacial score (nSPS) is 11.4. The van der Waals surface area contributed by atoms with Crippen molar-refractivity contribution in [3.8, 4) is 79.1 Å². The fraction of sp³-hybridized carbons (Fsp3) is 0.0746. The number of fused-ring (bicyclic) bond motifs is 6. The van der Waals surface area contributed by atoms with Gasteiger partial charge in [-0.2, -0.15) is 10.5 Å². The molecule has 71 heavy (non-hydrogen) atoms. The molecule has 0 saturated carbocycles. The number of aryl methyl sites for hydroxylation is 5. The highest BCUT2D eigenvalue weighted by Gasteiger charge is 2.25. The van der Waals surface area contributed by atoms with E-state index in [0.717, 1.165) is 93.9 Å². The molecular weight excluding hydrogens is 861 g/mol. The molecule has 4 nitrogen and oxygen atoms in total. The van der Waals surface area contributed by atoms with Crippen molar-refractivity contribution in [2.24, 2.45) is 0 Å². The van der Waals surface area contributed by atoms with Gasteiger partial charge in [-0.25, -0.2) is 0 Å². The van der Waals surface area contributed by atoms with Gasteiger partial charge < -0.3 is 9.13 Å². The van der Waals surface area contributed by atoms with Crippen LogP contribution in [-0.4, -0.2) is 9.13 Å². The average molecular weight is 909 g/mol. The molecule has 2 aromatic heterocycles. The maximum atomic E-state index is 11.2. The van der Waals surface area contributed by atoms with Crippen LogP contribution in [0, 0.1) is 57.3 Å². The van der Waals surface area contributed by atoms with Crippen molar-refractivity contribution in [1.29, 1.82) is 10.5 Å². The Morgan fingerprint density at radius 1 is 0.310 bits per heavy atom. The van der Waals surface area contributed by atoms with Crippen molar-refractivity contribution >= 4 is 43.6 Å². The van der Waals surface area contributed by atoms with Gasteiger partial charge in [0.15, 0.2) is 0 Å². The highest BCUT2D eigenvalue weighted by Crippen LogP contribution is 2.46. The van der Waals surface area contributed by atoms with Crippen LogP contribution in [0.15, 0.2) is 200 Å². The summed E-state index contributed by atoms with van der Waals surface area (Å²) in [6, 6.07) is 76.7. The molecule has 0 N–H and O–H groups in total. The molecule has 12 rings (SSSR count). The Bertz CT molecular complexity index is 3820. The van der Waals surface area contributed by atoms with E-state index in [1.807, 2.05) is 24.3 Å². The molecule has 2 heterocycles. The lowest BCUT2D eigenvalue weighted by Gasteiger charge is -2.21. The van der Waals surface area contributed by atoms with Crippen LogP contribution in [0.4, 0.5) is 0 Å². The van der Waals surface area contributed by atoms with E-state index in [0.29, 0.717) is 11.1 Å². The van der Waals surface area contributed by atoms with Crippen molar-refractivity contribution in [3.05, 3.63) is 239 Å². The minimum atomic E-state index is 0.526. The number of aromatic nitrogens is 2. The zero-order valence-electron chi connectivity index (χ0n) is 40.3. The van der Waals surface area contributed by atoms with Gasteiger partial charge in [-0.15, -0.1) is 0 Å². The van der Waals surface area contributed by atoms with Gasteiger partial charge in [0.1, 0.15) is 0 Å². The summed E-state index contributed by atoms with van der Waals surface area (Å²) >= 11 is 0. The van der Waals surface area contributed by atoms with Gasteiger partial charge in [-0.05, 0) is 185 Å². The van der Waals surface area contributed by atoms with Gasteiger partial charge in [0.25, 0.3) is 0 Å². The lowest BCUT2D eigenvalue weighted by atomic mass is 9.95. The van der Waals surface area contributed by atoms with Crippen LogP contribution < -0.4 is 0 Å². The lowest BCUT2D eigenvalue weighted by molar-refractivity contribution is 1.13. The number of hydrogen-bond donors (Lipinski definition) is 0. The molecule has 0 radical (unpaired) electrons. The van der Waals surface area contributed by atoms with E-state index >= 15 is 0 Å². The summed E-state index contributed by atoms with van der Waals surface area (Å²) in [5.74, 6) is 0. The second-order valence-corrected chi connectivity index (χ2v) is 19.1. The Hall–Kier alpha value is -9.22. The molecule has 0 unspecified atom stereocenters. The van der Waals surface area contributed by atoms with Crippen LogP contribution in [-0.2, 0) is 0 Å². The molecular formula is C67H48N4. The summed E-state index contributed by atoms with van der Waals surface area (Å²) in [4.78, 5) is 0. The summed E-state index contributed by atoms with van der Waals surface area (Å²) < 4.78 is 4.70. The molecule has 0 fully saturated rings. The number of benzene rings is 10. The van der Waals surface area contributed by atoms with Gasteiger partial charge in [0.2, 0.25) is 0 Å². The Labute approximate surface area is 414 Å². The average Bonchev–Trinajstić information content (AvgIpc) is 3.89. The second-order valence-electron chi connectivity index (χ2n) is 19.1. The van der Waals surface area contributed by atoms with Crippen LogP contribution in [0.1, 0.15) is 38.9 Å². The quantitative estimate of drug-likeness (QED) is 0.160. The van der Waals surface area contributed by atoms with Crippen molar-refractivity contribution in [3.63, 3.8) is 0 Å². The van der Waals surface area contributed by atoms with Gasteiger partial charge in [0, 0.05) is 27.1 Å². The van der Waals surface area contributed by atoms with Crippen molar-refractivity contribution in [2.45, 2.75) is 34.6 Å². The molecule has 4 heteroatoms. The molecule has 0 amide bonds. The Morgan fingerprint density at radius 3 is 0.930 bits per heavy atom. The Kier molecular flexibility index (Phi) is 10.4. The predicted molar refractivity (Wildman–Crippen MR) is 295 cm³/mol. The minimum absolute atomic E-state index is 0.526. The third kappa shape index (κ3) is 7.20. The third-order valence-electron chi connectivity index (χ3n) is 14.6. The number of nitriles is 2. The van der Waals surface area contributed by atoms with Crippen molar-refractivity contribution in [1.82, 2.24) is 9.13 Å². The first-order valence-corrected chi connectivity index (χ1v) is 24.2. The van der Waals surface area contributed by atoms with Crippen LogP contribution in [0.25, 0.3) is 111 Å². The van der Waals surface area contributed by atoms with Crippen molar-refractivity contribution < 1.29 is 0 Å². The topological polar surface area (TPSA) is 57.4 Å². The first-order chi connectivity index (χ1) is 34.7. The lowest BCUT2D eigenvalue weighted by Crippen LogP contribution is -2.05. The fourth-order valence-corrected chi connectivity index (χ4v) is 11.1. The highest BCUT2D eigenvalue weighted by atomic mass is 15.0. The monoisotopic (exact) mass is 908 g/mol. The first-order valence-electron chi connectivity index (χ1n) is 24.2. The summed E-state index contributed by atoms with van der Waals surface area (Å²) in [5.41, 5.74) is 23.8. The molecule has 12 aromatic rings. The molecule has 10 aromatic carbocycles. The van der Waals surface area contributed by atoms with E-state index in [-0.39, 0.29) is 0 Å². The molecule has 0 aliphatic rings. The summed E-state index contributed by atoms with van der Waals surface area (Å²) in [6.45, 7) is 10.7. The first kappa shape index (κ1) is 43.1. The van der Waals surface area contributed by atoms with E-state index in [1.54, 1.807) is 0 Å². The van der Waals surface area contributed by atoms with Crippen LogP contribution >= 0.6 is 0 Å². The largest absolute Gasteiger partial charge is 0.308 e. The standard InChI is InChI=1S/C67H48N4/c1-41-30-46(39-68)32-52(31-41)67-65(70-61-26-22-48(53-18-10-6-14-42(53)2)35-57(61)58-36-49(23-27-62(58)70)54-19-11-7-15-43(54)3)33-47(40-69)34-66(67)71-63-28-24-50(55-20-12-8-16-44(55)4)37-59(63)60-38-51(25-29-64(60)71)56-21-13-9-17-45(56)5/h6-38H,1-5H3. The van der Waals surface area contributed by atoms with Crippen molar-refractivity contribution in [2.75, 3.05) is 0 Å². The van der Waals surface area contributed by atoms with E-state index < -0.39 is 0 Å². The Morgan fingerprint density at radius 2 is 0.620 bits per heavy atom. The molecule has 0 saturated heterocycles. The summed E-state index contributed by atoms with van der Waals surface area (Å²) in [7, 11) is 0. The van der Waals surface area contributed by atoms with Crippen LogP contribution in [0.2, 0.25) is 0 Å². The number of nitrogens with zero attached hydrogens (tertiary/aromatic N) is 4. The zero-order chi connectivity index (χ0) is 48.5. The van der Waals surface area contributed by atoms with E-state index in [1.165, 1.54) is 44.5 Å². The molecule has 336 valence electrons. The second kappa shape index (κ2) is 17.1. The highest BCUT2D eigenvalue weighted by molar-refractivity contribution is 6.14. The SMILES string of the molecule is Cc1cc(C#N)cc(-c2c(-n3c4ccc(-c5ccccc5C)cc4c4cc(-c5ccccc5C)ccc43)cc(C#N)cc2-n2c3ccc(-c4ccccc4C)cc3c3cc(-c4ccccc4C)ccc32)c1. The van der Waals surface area contributed by atoms with Gasteiger partial charge in [0.05, 0.1) is 56.7 Å². The number of hydrogen-bond acceptors (Lipinski definition) is 2. The smallest absolute Gasteiger partial charge is 0.0993 e. The van der Waals surface area contributed by atoms with E-state index in [2.05, 4.69) is 232 Å². The van der Waals surface area contributed by atoms with Crippen LogP contribution in [0.3, 0.4) is 0 Å². The zero-order valence-corrected chi connectivity index (χ0v) is 40.3. The third-order valence-corrected chi connectivity index (χ3v) is 14.6. The fourth-order valence-electron chi connectivity index (χ4n) is 11.1. The molecule has 0 spiro atoms. The van der Waals surface area contributed by atoms with Gasteiger partial charge >= 0.3 is 0 Å². The predicted octanol–water partition coefficient (Wildman–Crippen LogP) is 17.5. The minimum Gasteiger partial charge on any atom is -0.308 e. The molecule has 0 bridgehead atoms. The summed E-state index contributed by atoms with van der Waals surface area (Å²) in [5, 5.41) is 26.1. The maximum Gasteiger partial charge on any atom is 0.0993 e. The Balaban J connectivity index is 1.22. The van der Waals surface area contributed by atoms with Crippen LogP contribution in [0.5, 0.6) is 0 Å². The van der Waals surface area contributed by atoms with E-state index in [4.69, 9.17) is 0 Å². The maximum absolute atomic E-state index is 11.2. The van der Waals surface area contributed by atoms with E-state index in [9.17, 15) is 10.5 Å². The summed E-state index contributed by atoms with van der Waals surface area (Å²) in [6.07, 6.45) is 0. The van der Waals surface area contributed by atoms with Gasteiger partial charge in [-0.3, -0.25) is 0 Å². The molecule has 0 aliphatic carbocycles. The van der Waals surface area contributed by atoms with Gasteiger partial charge in [-0.1, -0.05) is 127 Å². The number of rotatable bonds is 7. The molecule has 0 atom stereocenters.